The Kier molecular flexibility index (Phi) is 3.54. The minimum absolute atomic E-state index is 0.744. The molecule has 0 aliphatic rings. The molecule has 0 amide bonds. The third-order valence-corrected chi connectivity index (χ3v) is 2.94. The molecule has 2 aromatic rings. The maximum absolute atomic E-state index is 5.88. The van der Waals surface area contributed by atoms with Gasteiger partial charge in [-0.2, -0.15) is 0 Å². The van der Waals surface area contributed by atoms with E-state index >= 15 is 0 Å². The summed E-state index contributed by atoms with van der Waals surface area (Å²) in [6.07, 6.45) is 0. The van der Waals surface area contributed by atoms with Crippen LogP contribution in [-0.2, 0) is 0 Å². The molecule has 0 atom stereocenters. The second-order valence-corrected chi connectivity index (χ2v) is 4.34. The summed E-state index contributed by atoms with van der Waals surface area (Å²) in [6, 6.07) is 17.8. The monoisotopic (exact) mass is 235 g/mol. The lowest BCUT2D eigenvalue weighted by atomic mass is 10.3. The number of halogens is 1. The Hall–Kier alpha value is -1.12. The minimum Gasteiger partial charge on any atom is -0.326 e. The van der Waals surface area contributed by atoms with Gasteiger partial charge in [0.25, 0.3) is 0 Å². The molecule has 0 heterocycles. The predicted octanol–water partition coefficient (Wildman–Crippen LogP) is 4.46. The van der Waals surface area contributed by atoms with Crippen molar-refractivity contribution in [3.8, 4) is 0 Å². The fraction of sp³-hybridized carbons (Fsp3) is 0. The van der Waals surface area contributed by atoms with E-state index in [1.165, 1.54) is 4.90 Å². The molecule has 0 saturated carbocycles. The summed E-state index contributed by atoms with van der Waals surface area (Å²) < 4.78 is 3.23. The average Bonchev–Trinajstić information content (AvgIpc) is 2.28. The van der Waals surface area contributed by atoms with E-state index in [4.69, 9.17) is 11.6 Å². The number of anilines is 1. The molecule has 0 aromatic heterocycles. The number of nitrogens with one attached hydrogen (secondary N) is 1. The van der Waals surface area contributed by atoms with Crippen LogP contribution in [-0.4, -0.2) is 0 Å². The minimum atomic E-state index is 0.744. The van der Waals surface area contributed by atoms with Gasteiger partial charge in [-0.25, -0.2) is 0 Å². The Balaban J connectivity index is 1.99. The van der Waals surface area contributed by atoms with Crippen molar-refractivity contribution < 1.29 is 0 Å². The van der Waals surface area contributed by atoms with Crippen molar-refractivity contribution in [1.29, 1.82) is 0 Å². The van der Waals surface area contributed by atoms with Crippen LogP contribution in [0.1, 0.15) is 0 Å². The molecule has 1 nitrogen and oxygen atoms in total. The molecule has 0 aliphatic carbocycles. The zero-order chi connectivity index (χ0) is 10.5. The Morgan fingerprint density at radius 2 is 1.73 bits per heavy atom. The highest BCUT2D eigenvalue weighted by atomic mass is 35.5. The molecule has 0 fully saturated rings. The van der Waals surface area contributed by atoms with Gasteiger partial charge in [0.2, 0.25) is 0 Å². The topological polar surface area (TPSA) is 12.0 Å². The van der Waals surface area contributed by atoms with Crippen LogP contribution >= 0.6 is 23.5 Å². The van der Waals surface area contributed by atoms with E-state index in [1.54, 1.807) is 11.9 Å². The van der Waals surface area contributed by atoms with Crippen LogP contribution in [0.3, 0.4) is 0 Å². The van der Waals surface area contributed by atoms with Crippen molar-refractivity contribution in [3.05, 3.63) is 59.6 Å². The van der Waals surface area contributed by atoms with Gasteiger partial charge in [0.1, 0.15) is 0 Å². The lowest BCUT2D eigenvalue weighted by Gasteiger charge is -2.04. The van der Waals surface area contributed by atoms with Gasteiger partial charge in [-0.15, -0.1) is 0 Å². The summed E-state index contributed by atoms with van der Waals surface area (Å²) in [5, 5.41) is 0.744. The van der Waals surface area contributed by atoms with Crippen molar-refractivity contribution in [2.75, 3.05) is 4.72 Å². The number of rotatable bonds is 3. The van der Waals surface area contributed by atoms with E-state index in [1.807, 2.05) is 42.5 Å². The van der Waals surface area contributed by atoms with Gasteiger partial charge in [0.15, 0.2) is 0 Å². The molecule has 2 aromatic carbocycles. The zero-order valence-electron chi connectivity index (χ0n) is 7.98. The normalized spacial score (nSPS) is 9.93. The van der Waals surface area contributed by atoms with Crippen molar-refractivity contribution in [3.63, 3.8) is 0 Å². The second kappa shape index (κ2) is 5.10. The number of hydrogen-bond donors (Lipinski definition) is 1. The average molecular weight is 236 g/mol. The summed E-state index contributed by atoms with van der Waals surface area (Å²) in [4.78, 5) is 1.18. The molecule has 0 spiro atoms. The Labute approximate surface area is 98.6 Å². The molecule has 15 heavy (non-hydrogen) atoms. The van der Waals surface area contributed by atoms with E-state index in [0.717, 1.165) is 10.7 Å². The Bertz CT molecular complexity index is 431. The fourth-order valence-corrected chi connectivity index (χ4v) is 2.00. The Morgan fingerprint density at radius 3 is 2.47 bits per heavy atom. The van der Waals surface area contributed by atoms with Crippen molar-refractivity contribution in [2.24, 2.45) is 0 Å². The van der Waals surface area contributed by atoms with Gasteiger partial charge in [-0.05, 0) is 42.3 Å². The molecule has 0 radical (unpaired) electrons. The highest BCUT2D eigenvalue weighted by Gasteiger charge is 1.94. The largest absolute Gasteiger partial charge is 0.326 e. The maximum Gasteiger partial charge on any atom is 0.0457 e. The van der Waals surface area contributed by atoms with Crippen LogP contribution < -0.4 is 4.72 Å². The van der Waals surface area contributed by atoms with Crippen LogP contribution in [0.25, 0.3) is 0 Å². The van der Waals surface area contributed by atoms with Crippen molar-refractivity contribution in [2.45, 2.75) is 4.90 Å². The summed E-state index contributed by atoms with van der Waals surface area (Å²) >= 11 is 7.45. The SMILES string of the molecule is Clc1cccc(NSc2ccccc2)c1. The molecule has 3 heteroatoms. The predicted molar refractivity (Wildman–Crippen MR) is 67.4 cm³/mol. The van der Waals surface area contributed by atoms with E-state index in [0.29, 0.717) is 0 Å². The summed E-state index contributed by atoms with van der Waals surface area (Å²) in [7, 11) is 0. The zero-order valence-corrected chi connectivity index (χ0v) is 9.55. The number of hydrogen-bond acceptors (Lipinski definition) is 2. The van der Waals surface area contributed by atoms with Gasteiger partial charge in [-0.3, -0.25) is 0 Å². The molecule has 0 bridgehead atoms. The van der Waals surface area contributed by atoms with Gasteiger partial charge in [-0.1, -0.05) is 35.9 Å². The van der Waals surface area contributed by atoms with Crippen LogP contribution in [0, 0.1) is 0 Å². The standard InChI is InChI=1S/C12H10ClNS/c13-10-5-4-6-11(9-10)14-15-12-7-2-1-3-8-12/h1-9,14H. The van der Waals surface area contributed by atoms with Crippen molar-refractivity contribution in [1.82, 2.24) is 0 Å². The van der Waals surface area contributed by atoms with Crippen LogP contribution in [0.4, 0.5) is 5.69 Å². The first-order valence-corrected chi connectivity index (χ1v) is 5.77. The summed E-state index contributed by atoms with van der Waals surface area (Å²) in [6.45, 7) is 0. The third kappa shape index (κ3) is 3.18. The van der Waals surface area contributed by atoms with E-state index in [-0.39, 0.29) is 0 Å². The van der Waals surface area contributed by atoms with Crippen LogP contribution in [0.5, 0.6) is 0 Å². The molecule has 1 N–H and O–H groups in total. The lowest BCUT2D eigenvalue weighted by Crippen LogP contribution is -1.85. The third-order valence-electron chi connectivity index (χ3n) is 1.85. The molecule has 76 valence electrons. The van der Waals surface area contributed by atoms with Crippen LogP contribution in [0.2, 0.25) is 5.02 Å². The van der Waals surface area contributed by atoms with Gasteiger partial charge in [0.05, 0.1) is 0 Å². The lowest BCUT2D eigenvalue weighted by molar-refractivity contribution is 1.47. The molecule has 0 saturated heterocycles. The molecular formula is C12H10ClNS. The first kappa shape index (κ1) is 10.4. The van der Waals surface area contributed by atoms with E-state index < -0.39 is 0 Å². The summed E-state index contributed by atoms with van der Waals surface area (Å²) in [5.41, 5.74) is 1.01. The summed E-state index contributed by atoms with van der Waals surface area (Å²) in [5.74, 6) is 0. The van der Waals surface area contributed by atoms with Crippen molar-refractivity contribution >= 4 is 29.2 Å². The first-order valence-electron chi connectivity index (χ1n) is 4.58. The fourth-order valence-electron chi connectivity index (χ4n) is 1.16. The highest BCUT2D eigenvalue weighted by molar-refractivity contribution is 8.00. The Morgan fingerprint density at radius 1 is 0.933 bits per heavy atom. The maximum atomic E-state index is 5.88. The van der Waals surface area contributed by atoms with Gasteiger partial charge in [0, 0.05) is 15.6 Å². The molecule has 0 aliphatic heterocycles. The van der Waals surface area contributed by atoms with Crippen LogP contribution in [0.15, 0.2) is 59.5 Å². The van der Waals surface area contributed by atoms with E-state index in [9.17, 15) is 0 Å². The first-order chi connectivity index (χ1) is 7.34. The smallest absolute Gasteiger partial charge is 0.0457 e. The molecule has 0 unspecified atom stereocenters. The quantitative estimate of drug-likeness (QED) is 0.789. The van der Waals surface area contributed by atoms with E-state index in [2.05, 4.69) is 16.9 Å². The molecular weight excluding hydrogens is 226 g/mol. The van der Waals surface area contributed by atoms with Gasteiger partial charge < -0.3 is 4.72 Å². The molecule has 2 rings (SSSR count). The highest BCUT2D eigenvalue weighted by Crippen LogP contribution is 2.22. The van der Waals surface area contributed by atoms with Gasteiger partial charge >= 0.3 is 0 Å². The second-order valence-electron chi connectivity index (χ2n) is 3.03. The number of benzene rings is 2.